The number of hydrogen-bond acceptors (Lipinski definition) is 1. The molecule has 1 N–H and O–H groups in total. The molecule has 100 valence electrons. The summed E-state index contributed by atoms with van der Waals surface area (Å²) in [6, 6.07) is 0. The van der Waals surface area contributed by atoms with Crippen LogP contribution in [0.5, 0.6) is 0 Å². The average molecular weight is 255 g/mol. The van der Waals surface area contributed by atoms with Gasteiger partial charge in [0, 0.05) is 11.3 Å². The van der Waals surface area contributed by atoms with Gasteiger partial charge in [-0.3, -0.25) is 4.79 Å². The van der Waals surface area contributed by atoms with Crippen LogP contribution in [0.3, 0.4) is 0 Å². The quantitative estimate of drug-likeness (QED) is 0.798. The summed E-state index contributed by atoms with van der Waals surface area (Å²) in [5.74, 6) is -0.189. The molecule has 19 heavy (non-hydrogen) atoms. The fourth-order valence-electron chi connectivity index (χ4n) is 2.22. The largest absolute Gasteiger partial charge is 0.325 e. The van der Waals surface area contributed by atoms with Crippen molar-refractivity contribution in [3.63, 3.8) is 0 Å². The van der Waals surface area contributed by atoms with E-state index >= 15 is 0 Å². The molecule has 1 aliphatic rings. The lowest BCUT2D eigenvalue weighted by molar-refractivity contribution is -0.122. The van der Waals surface area contributed by atoms with Crippen LogP contribution in [-0.4, -0.2) is 5.91 Å². The predicted molar refractivity (Wildman–Crippen MR) is 81.4 cm³/mol. The van der Waals surface area contributed by atoms with E-state index in [0.717, 1.165) is 22.4 Å². The lowest BCUT2D eigenvalue weighted by Gasteiger charge is -2.14. The monoisotopic (exact) mass is 255 g/mol. The van der Waals surface area contributed by atoms with Crippen LogP contribution in [0, 0.1) is 5.92 Å². The second-order valence-corrected chi connectivity index (χ2v) is 4.29. The summed E-state index contributed by atoms with van der Waals surface area (Å²) in [4.78, 5) is 12.2. The standard InChI is InChI=1S/C17H21NO/c1-6-10-14-13(8-3)12(5)17(19)18-16(9-4)15(14)11-7-2/h6-12H,1-2H2,3-5H3,(H,18,19)/b13-8-,14-10+,15-11-,16-9+. The SMILES string of the molecule is C=C/C=C1C(=C/C)\NC(=O)C(C)C(=C\C)\C\1=C/C=C. The minimum Gasteiger partial charge on any atom is -0.325 e. The van der Waals surface area contributed by atoms with Gasteiger partial charge in [0.1, 0.15) is 0 Å². The van der Waals surface area contributed by atoms with Gasteiger partial charge in [0.2, 0.25) is 5.91 Å². The predicted octanol–water partition coefficient (Wildman–Crippen LogP) is 3.83. The van der Waals surface area contributed by atoms with Gasteiger partial charge in [0.05, 0.1) is 5.92 Å². The molecule has 1 amide bonds. The van der Waals surface area contributed by atoms with E-state index < -0.39 is 0 Å². The number of allylic oxidation sites excluding steroid dienone is 7. The first kappa shape index (κ1) is 15.0. The Morgan fingerprint density at radius 1 is 1.05 bits per heavy atom. The van der Waals surface area contributed by atoms with Gasteiger partial charge in [-0.2, -0.15) is 0 Å². The number of amides is 1. The smallest absolute Gasteiger partial charge is 0.231 e. The molecule has 1 fully saturated rings. The number of nitrogens with one attached hydrogen (secondary N) is 1. The molecule has 1 unspecified atom stereocenters. The molecule has 0 radical (unpaired) electrons. The molecule has 1 atom stereocenters. The van der Waals surface area contributed by atoms with E-state index in [1.807, 2.05) is 45.1 Å². The van der Waals surface area contributed by atoms with Crippen LogP contribution in [0.2, 0.25) is 0 Å². The van der Waals surface area contributed by atoms with Crippen LogP contribution in [-0.2, 0) is 4.79 Å². The van der Waals surface area contributed by atoms with E-state index in [-0.39, 0.29) is 11.8 Å². The van der Waals surface area contributed by atoms with Gasteiger partial charge in [0.15, 0.2) is 0 Å². The third-order valence-electron chi connectivity index (χ3n) is 3.18. The Morgan fingerprint density at radius 2 is 1.63 bits per heavy atom. The molecule has 1 aliphatic heterocycles. The molecule has 2 heteroatoms. The molecule has 1 rings (SSSR count). The third kappa shape index (κ3) is 3.02. The Labute approximate surface area is 115 Å². The van der Waals surface area contributed by atoms with Crippen molar-refractivity contribution >= 4 is 5.91 Å². The molecule has 2 nitrogen and oxygen atoms in total. The van der Waals surface area contributed by atoms with Gasteiger partial charge >= 0.3 is 0 Å². The number of carbonyl (C=O) groups excluding carboxylic acids is 1. The summed E-state index contributed by atoms with van der Waals surface area (Å²) in [7, 11) is 0. The Kier molecular flexibility index (Phi) is 5.31. The molecule has 0 bridgehead atoms. The maximum atomic E-state index is 12.2. The minimum absolute atomic E-state index is 0.00336. The molecule has 0 saturated carbocycles. The lowest BCUT2D eigenvalue weighted by atomic mass is 9.88. The minimum atomic E-state index is -0.193. The van der Waals surface area contributed by atoms with Crippen LogP contribution in [0.4, 0.5) is 0 Å². The Balaban J connectivity index is 3.59. The molecule has 0 aromatic heterocycles. The topological polar surface area (TPSA) is 29.1 Å². The van der Waals surface area contributed by atoms with Crippen LogP contribution < -0.4 is 5.32 Å². The van der Waals surface area contributed by atoms with Crippen molar-refractivity contribution in [2.75, 3.05) is 0 Å². The van der Waals surface area contributed by atoms with Crippen molar-refractivity contribution in [3.8, 4) is 0 Å². The Morgan fingerprint density at radius 3 is 2.11 bits per heavy atom. The zero-order valence-corrected chi connectivity index (χ0v) is 11.9. The van der Waals surface area contributed by atoms with Crippen molar-refractivity contribution in [3.05, 3.63) is 72.0 Å². The first-order chi connectivity index (χ1) is 9.10. The fraction of sp³-hybridized carbons (Fsp3) is 0.235. The number of hydrogen-bond donors (Lipinski definition) is 1. The molecule has 0 spiro atoms. The lowest BCUT2D eigenvalue weighted by Crippen LogP contribution is -2.26. The maximum Gasteiger partial charge on any atom is 0.231 e. The first-order valence-corrected chi connectivity index (χ1v) is 6.40. The van der Waals surface area contributed by atoms with Crippen LogP contribution in [0.25, 0.3) is 0 Å². The van der Waals surface area contributed by atoms with E-state index in [4.69, 9.17) is 0 Å². The molecule has 1 saturated heterocycles. The highest BCUT2D eigenvalue weighted by Gasteiger charge is 2.28. The van der Waals surface area contributed by atoms with E-state index in [1.165, 1.54) is 0 Å². The van der Waals surface area contributed by atoms with E-state index in [9.17, 15) is 4.79 Å². The molecule has 1 heterocycles. The van der Waals surface area contributed by atoms with Crippen LogP contribution in [0.1, 0.15) is 20.8 Å². The summed E-state index contributed by atoms with van der Waals surface area (Å²) in [5.41, 5.74) is 3.78. The van der Waals surface area contributed by atoms with Gasteiger partial charge < -0.3 is 5.32 Å². The normalized spacial score (nSPS) is 28.6. The molecule has 0 aliphatic carbocycles. The summed E-state index contributed by atoms with van der Waals surface area (Å²) in [5, 5.41) is 2.96. The zero-order chi connectivity index (χ0) is 14.4. The maximum absolute atomic E-state index is 12.2. The Bertz CT molecular complexity index is 515. The van der Waals surface area contributed by atoms with Crippen molar-refractivity contribution in [1.29, 1.82) is 0 Å². The number of rotatable bonds is 2. The van der Waals surface area contributed by atoms with Crippen molar-refractivity contribution in [2.24, 2.45) is 5.92 Å². The molecule has 0 aromatic carbocycles. The van der Waals surface area contributed by atoms with Gasteiger partial charge in [-0.25, -0.2) is 0 Å². The fourth-order valence-corrected chi connectivity index (χ4v) is 2.22. The summed E-state index contributed by atoms with van der Waals surface area (Å²) < 4.78 is 0. The van der Waals surface area contributed by atoms with Crippen molar-refractivity contribution < 1.29 is 4.79 Å². The van der Waals surface area contributed by atoms with Crippen LogP contribution in [0.15, 0.2) is 72.0 Å². The van der Waals surface area contributed by atoms with Gasteiger partial charge in [-0.1, -0.05) is 49.6 Å². The summed E-state index contributed by atoms with van der Waals surface area (Å²) >= 11 is 0. The van der Waals surface area contributed by atoms with Gasteiger partial charge in [-0.05, 0) is 31.9 Å². The van der Waals surface area contributed by atoms with E-state index in [2.05, 4.69) is 18.5 Å². The van der Waals surface area contributed by atoms with Crippen LogP contribution >= 0.6 is 0 Å². The summed E-state index contributed by atoms with van der Waals surface area (Å²) in [6.45, 7) is 13.3. The molecular weight excluding hydrogens is 234 g/mol. The molecular formula is C17H21NO. The highest BCUT2D eigenvalue weighted by molar-refractivity contribution is 5.88. The average Bonchev–Trinajstić information content (AvgIpc) is 2.50. The highest BCUT2D eigenvalue weighted by Crippen LogP contribution is 2.33. The number of carbonyl (C=O) groups is 1. The van der Waals surface area contributed by atoms with E-state index in [1.54, 1.807) is 12.2 Å². The van der Waals surface area contributed by atoms with Crippen molar-refractivity contribution in [2.45, 2.75) is 20.8 Å². The highest BCUT2D eigenvalue weighted by atomic mass is 16.1. The zero-order valence-electron chi connectivity index (χ0n) is 11.9. The van der Waals surface area contributed by atoms with Crippen molar-refractivity contribution in [1.82, 2.24) is 5.32 Å². The van der Waals surface area contributed by atoms with E-state index in [0.29, 0.717) is 0 Å². The first-order valence-electron chi connectivity index (χ1n) is 6.40. The second-order valence-electron chi connectivity index (χ2n) is 4.29. The second kappa shape index (κ2) is 6.74. The van der Waals surface area contributed by atoms with Gasteiger partial charge in [-0.15, -0.1) is 0 Å². The Hall–Kier alpha value is -2.09. The van der Waals surface area contributed by atoms with Gasteiger partial charge in [0.25, 0.3) is 0 Å². The molecule has 0 aromatic rings. The summed E-state index contributed by atoms with van der Waals surface area (Å²) in [6.07, 6.45) is 11.2. The third-order valence-corrected chi connectivity index (χ3v) is 3.18.